The lowest BCUT2D eigenvalue weighted by Crippen LogP contribution is -2.47. The van der Waals surface area contributed by atoms with Gasteiger partial charge in [-0.1, -0.05) is 13.7 Å². The second-order valence-corrected chi connectivity index (χ2v) is 9.50. The normalized spacial score (nSPS) is 34.7. The zero-order valence-electron chi connectivity index (χ0n) is 25.7. The van der Waals surface area contributed by atoms with Crippen molar-refractivity contribution in [2.45, 2.75) is 71.1 Å². The molecular weight excluding hydrogens is 433 g/mol. The van der Waals surface area contributed by atoms with Gasteiger partial charge in [0.2, 0.25) is 5.91 Å². The fraction of sp³-hybridized carbons (Fsp3) is 0.760. The van der Waals surface area contributed by atoms with E-state index in [-0.39, 0.29) is 55.9 Å². The van der Waals surface area contributed by atoms with E-state index in [2.05, 4.69) is 4.98 Å². The van der Waals surface area contributed by atoms with E-state index >= 15 is 0 Å². The van der Waals surface area contributed by atoms with Crippen molar-refractivity contribution in [1.82, 2.24) is 9.88 Å². The predicted molar refractivity (Wildman–Crippen MR) is 117 cm³/mol. The van der Waals surface area contributed by atoms with Crippen LogP contribution in [0.1, 0.15) is 72.2 Å². The average Bonchev–Trinajstić information content (AvgIpc) is 3.30. The van der Waals surface area contributed by atoms with Crippen LogP contribution in [0.5, 0.6) is 0 Å². The van der Waals surface area contributed by atoms with Crippen molar-refractivity contribution >= 4 is 5.91 Å². The van der Waals surface area contributed by atoms with Gasteiger partial charge in [-0.2, -0.15) is 13.2 Å². The van der Waals surface area contributed by atoms with Crippen molar-refractivity contribution in [3.05, 3.63) is 29.1 Å². The minimum atomic E-state index is -4.64. The van der Waals surface area contributed by atoms with E-state index in [0.717, 1.165) is 12.3 Å². The molecular formula is C25H35F3N2O3. The number of carbonyl (C=O) groups excluding carboxylic acids is 1. The molecule has 1 aliphatic carbocycles. The average molecular weight is 476 g/mol. The molecule has 2 fully saturated rings. The fourth-order valence-corrected chi connectivity index (χ4v) is 5.65. The third kappa shape index (κ3) is 4.92. The summed E-state index contributed by atoms with van der Waals surface area (Å²) in [5, 5.41) is 0. The van der Waals surface area contributed by atoms with E-state index in [1.807, 2.05) is 0 Å². The fourth-order valence-electron chi connectivity index (χ4n) is 5.65. The molecule has 8 heteroatoms. The number of hydrogen-bond acceptors (Lipinski definition) is 4. The zero-order chi connectivity index (χ0) is 29.7. The first kappa shape index (κ1) is 16.9. The van der Waals surface area contributed by atoms with Gasteiger partial charge in [-0.25, -0.2) is 0 Å². The Hall–Kier alpha value is -1.67. The molecule has 0 aromatic carbocycles. The summed E-state index contributed by atoms with van der Waals surface area (Å²) in [6, 6.07) is 0.920. The van der Waals surface area contributed by atoms with Crippen LogP contribution >= 0.6 is 0 Å². The Kier molecular flexibility index (Phi) is 4.87. The van der Waals surface area contributed by atoms with E-state index in [1.54, 1.807) is 7.11 Å². The maximum absolute atomic E-state index is 14.3. The van der Waals surface area contributed by atoms with Crippen molar-refractivity contribution in [3.63, 3.8) is 0 Å². The highest BCUT2D eigenvalue weighted by Crippen LogP contribution is 2.51. The van der Waals surface area contributed by atoms with Crippen molar-refractivity contribution in [1.29, 1.82) is 0 Å². The SMILES string of the molecule is [2H]C([2H])([2H])C([2H])(C([2H])([2H])[2H])[C@]1(C(=O)N2CCc3ncc(C(F)(F)F)cc3C2)CC[C@@H](CC2CCOCC2OC)C1. The molecule has 1 aromatic heterocycles. The Labute approximate surface area is 203 Å². The number of fused-ring (bicyclic) bond motifs is 1. The zero-order valence-corrected chi connectivity index (χ0v) is 18.7. The van der Waals surface area contributed by atoms with Crippen LogP contribution in [0.2, 0.25) is 0 Å². The lowest BCUT2D eigenvalue weighted by Gasteiger charge is -2.40. The highest BCUT2D eigenvalue weighted by Gasteiger charge is 2.50. The van der Waals surface area contributed by atoms with Crippen LogP contribution in [-0.2, 0) is 33.4 Å². The molecule has 1 amide bonds. The molecule has 0 N–H and O–H groups in total. The summed E-state index contributed by atoms with van der Waals surface area (Å²) in [6.07, 6.45) is -2.63. The molecule has 3 heterocycles. The Balaban J connectivity index is 1.71. The van der Waals surface area contributed by atoms with Gasteiger partial charge in [-0.05, 0) is 61.5 Å². The predicted octanol–water partition coefficient (Wildman–Crippen LogP) is 4.87. The Morgan fingerprint density at radius 3 is 3.00 bits per heavy atom. The standard InChI is InChI=1S/C25H35F3N2O3/c1-16(2)24(7-4-17(12-24)10-18-6-9-33-15-22(18)32-3)23(31)30-8-5-21-19(14-30)11-20(13-29-21)25(26,27)28/h11,13,16-18,22H,4-10,12,14-15H2,1-3H3/t17-,18?,22?,24-/m0/s1/i1D3,2D3,16D. The summed E-state index contributed by atoms with van der Waals surface area (Å²) in [6.45, 7) is -6.01. The Morgan fingerprint density at radius 1 is 1.45 bits per heavy atom. The highest BCUT2D eigenvalue weighted by molar-refractivity contribution is 5.83. The number of carbonyl (C=O) groups is 1. The van der Waals surface area contributed by atoms with Gasteiger partial charge in [0.15, 0.2) is 0 Å². The maximum atomic E-state index is 14.3. The second-order valence-electron chi connectivity index (χ2n) is 9.50. The minimum Gasteiger partial charge on any atom is -0.379 e. The van der Waals surface area contributed by atoms with Crippen LogP contribution in [0.15, 0.2) is 12.3 Å². The third-order valence-electron chi connectivity index (χ3n) is 7.54. The number of ether oxygens (including phenoxy) is 2. The van der Waals surface area contributed by atoms with Gasteiger partial charge in [0.1, 0.15) is 0 Å². The largest absolute Gasteiger partial charge is 0.417 e. The van der Waals surface area contributed by atoms with Crippen molar-refractivity contribution in [2.24, 2.45) is 23.1 Å². The number of hydrogen-bond donors (Lipinski definition) is 0. The first-order chi connectivity index (χ1) is 18.4. The van der Waals surface area contributed by atoms with Crippen molar-refractivity contribution in [2.75, 3.05) is 26.9 Å². The first-order valence-corrected chi connectivity index (χ1v) is 11.4. The van der Waals surface area contributed by atoms with Crippen LogP contribution in [0.4, 0.5) is 13.2 Å². The molecule has 0 bridgehead atoms. The molecule has 4 rings (SSSR count). The number of methoxy groups -OCH3 is 1. The van der Waals surface area contributed by atoms with Gasteiger partial charge in [0.05, 0.1) is 23.7 Å². The number of aromatic nitrogens is 1. The van der Waals surface area contributed by atoms with E-state index in [9.17, 15) is 18.0 Å². The summed E-state index contributed by atoms with van der Waals surface area (Å²) in [5.41, 5.74) is -2.50. The van der Waals surface area contributed by atoms with Crippen molar-refractivity contribution in [3.8, 4) is 0 Å². The highest BCUT2D eigenvalue weighted by atomic mass is 19.4. The van der Waals surface area contributed by atoms with Crippen LogP contribution in [-0.4, -0.2) is 48.8 Å². The van der Waals surface area contributed by atoms with Crippen LogP contribution in [0.25, 0.3) is 0 Å². The topological polar surface area (TPSA) is 51.7 Å². The number of nitrogens with zero attached hydrogens (tertiary/aromatic N) is 2. The lowest BCUT2D eigenvalue weighted by atomic mass is 9.72. The molecule has 0 spiro atoms. The van der Waals surface area contributed by atoms with Crippen molar-refractivity contribution < 1.29 is 37.0 Å². The van der Waals surface area contributed by atoms with E-state index in [4.69, 9.17) is 19.1 Å². The summed E-state index contributed by atoms with van der Waals surface area (Å²) >= 11 is 0. The number of pyridine rings is 1. The van der Waals surface area contributed by atoms with E-state index < -0.39 is 42.7 Å². The van der Waals surface area contributed by atoms with E-state index in [1.165, 1.54) is 4.90 Å². The minimum absolute atomic E-state index is 0.0282. The van der Waals surface area contributed by atoms with Gasteiger partial charge in [0, 0.05) is 54.7 Å². The third-order valence-corrected chi connectivity index (χ3v) is 7.54. The monoisotopic (exact) mass is 475 g/mol. The first-order valence-electron chi connectivity index (χ1n) is 14.9. The van der Waals surface area contributed by atoms with Gasteiger partial charge < -0.3 is 14.4 Å². The van der Waals surface area contributed by atoms with Gasteiger partial charge in [-0.3, -0.25) is 9.78 Å². The molecule has 1 saturated carbocycles. The number of alkyl halides is 3. The van der Waals surface area contributed by atoms with Crippen LogP contribution in [0.3, 0.4) is 0 Å². The Morgan fingerprint density at radius 2 is 2.27 bits per heavy atom. The van der Waals surface area contributed by atoms with Crippen LogP contribution < -0.4 is 0 Å². The van der Waals surface area contributed by atoms with E-state index in [0.29, 0.717) is 38.2 Å². The molecule has 3 aliphatic rings. The summed E-state index contributed by atoms with van der Waals surface area (Å²) in [5.74, 6) is -4.11. The number of halogens is 3. The molecule has 5 nitrogen and oxygen atoms in total. The molecule has 0 radical (unpaired) electrons. The summed E-state index contributed by atoms with van der Waals surface area (Å²) in [4.78, 5) is 19.5. The van der Waals surface area contributed by atoms with Gasteiger partial charge >= 0.3 is 6.18 Å². The van der Waals surface area contributed by atoms with Gasteiger partial charge in [-0.15, -0.1) is 0 Å². The molecule has 1 saturated heterocycles. The molecule has 2 unspecified atom stereocenters. The molecule has 1 aromatic rings. The Bertz CT molecular complexity index is 1080. The quantitative estimate of drug-likeness (QED) is 0.610. The summed E-state index contributed by atoms with van der Waals surface area (Å²) in [7, 11) is 1.57. The maximum Gasteiger partial charge on any atom is 0.417 e. The van der Waals surface area contributed by atoms with Gasteiger partial charge in [0.25, 0.3) is 0 Å². The number of amides is 1. The lowest BCUT2D eigenvalue weighted by molar-refractivity contribution is -0.146. The second kappa shape index (κ2) is 9.53. The summed E-state index contributed by atoms with van der Waals surface area (Å²) < 4.78 is 109. The smallest absolute Gasteiger partial charge is 0.379 e. The molecule has 4 atom stereocenters. The molecule has 2 aliphatic heterocycles. The van der Waals surface area contributed by atoms with Crippen LogP contribution in [0, 0.1) is 23.1 Å². The number of rotatable bonds is 5. The molecule has 33 heavy (non-hydrogen) atoms. The molecule has 184 valence electrons.